The maximum absolute atomic E-state index is 12.1. The molecular weight excluding hydrogens is 303 g/mol. The van der Waals surface area contributed by atoms with Crippen LogP contribution in [0.3, 0.4) is 0 Å². The summed E-state index contributed by atoms with van der Waals surface area (Å²) in [5, 5.41) is 3.05. The average molecular weight is 315 g/mol. The Labute approximate surface area is 122 Å². The zero-order chi connectivity index (χ0) is 15.5. The second-order valence-electron chi connectivity index (χ2n) is 4.16. The van der Waals surface area contributed by atoms with Crippen LogP contribution in [0.1, 0.15) is 10.4 Å². The minimum Gasteiger partial charge on any atom is -0.384 e. The normalized spacial score (nSPS) is 11.6. The fraction of sp³-hybridized carbons (Fsp3) is 0.231. The molecule has 8 heteroatoms. The van der Waals surface area contributed by atoms with Crippen LogP contribution in [0.5, 0.6) is 0 Å². The fourth-order valence-electron chi connectivity index (χ4n) is 1.81. The monoisotopic (exact) mass is 315 g/mol. The SMILES string of the molecule is Nc1cc(C(=O)NCCSC(F)(F)F)c2ccccc2n1. The number of hydrogen-bond donors (Lipinski definition) is 2. The number of benzene rings is 1. The van der Waals surface area contributed by atoms with Crippen molar-refractivity contribution in [1.82, 2.24) is 10.3 Å². The third kappa shape index (κ3) is 4.25. The van der Waals surface area contributed by atoms with Gasteiger partial charge in [-0.05, 0) is 23.9 Å². The van der Waals surface area contributed by atoms with Crippen molar-refractivity contribution in [2.24, 2.45) is 0 Å². The third-order valence-electron chi connectivity index (χ3n) is 2.63. The van der Waals surface area contributed by atoms with Gasteiger partial charge in [0, 0.05) is 17.7 Å². The van der Waals surface area contributed by atoms with Gasteiger partial charge in [0.1, 0.15) is 5.82 Å². The van der Waals surface area contributed by atoms with Gasteiger partial charge in [-0.25, -0.2) is 4.98 Å². The Balaban J connectivity index is 2.09. The predicted octanol–water partition coefficient (Wildman–Crippen LogP) is 2.80. The van der Waals surface area contributed by atoms with E-state index in [2.05, 4.69) is 10.3 Å². The molecule has 21 heavy (non-hydrogen) atoms. The first-order valence-corrected chi connectivity index (χ1v) is 6.99. The molecule has 0 aliphatic heterocycles. The maximum atomic E-state index is 12.1. The van der Waals surface area contributed by atoms with Gasteiger partial charge in [0.05, 0.1) is 11.1 Å². The van der Waals surface area contributed by atoms with Crippen molar-refractivity contribution in [1.29, 1.82) is 0 Å². The van der Waals surface area contributed by atoms with Crippen LogP contribution >= 0.6 is 11.8 Å². The molecule has 0 saturated carbocycles. The average Bonchev–Trinajstić information content (AvgIpc) is 2.41. The lowest BCUT2D eigenvalue weighted by Crippen LogP contribution is -2.27. The summed E-state index contributed by atoms with van der Waals surface area (Å²) in [5.41, 5.74) is 2.20. The lowest BCUT2D eigenvalue weighted by atomic mass is 10.1. The van der Waals surface area contributed by atoms with Crippen LogP contribution in [0.2, 0.25) is 0 Å². The van der Waals surface area contributed by atoms with Crippen molar-refractivity contribution >= 4 is 34.4 Å². The molecule has 0 atom stereocenters. The zero-order valence-corrected chi connectivity index (χ0v) is 11.6. The minimum absolute atomic E-state index is 0.0838. The number of rotatable bonds is 4. The number of halogens is 3. The molecule has 1 aromatic carbocycles. The number of para-hydroxylation sites is 1. The van der Waals surface area contributed by atoms with E-state index in [4.69, 9.17) is 5.73 Å². The third-order valence-corrected chi connectivity index (χ3v) is 3.37. The van der Waals surface area contributed by atoms with Gasteiger partial charge in [-0.1, -0.05) is 18.2 Å². The van der Waals surface area contributed by atoms with Crippen molar-refractivity contribution in [3.8, 4) is 0 Å². The molecule has 1 amide bonds. The zero-order valence-electron chi connectivity index (χ0n) is 10.8. The number of nitrogens with zero attached hydrogens (tertiary/aromatic N) is 1. The highest BCUT2D eigenvalue weighted by atomic mass is 32.2. The molecule has 4 nitrogen and oxygen atoms in total. The molecule has 2 aromatic rings. The number of amides is 1. The van der Waals surface area contributed by atoms with E-state index < -0.39 is 11.4 Å². The van der Waals surface area contributed by atoms with Crippen LogP contribution in [0.15, 0.2) is 30.3 Å². The maximum Gasteiger partial charge on any atom is 0.441 e. The number of nitrogens with one attached hydrogen (secondary N) is 1. The Morgan fingerprint density at radius 2 is 2.05 bits per heavy atom. The van der Waals surface area contributed by atoms with Gasteiger partial charge < -0.3 is 11.1 Å². The molecule has 3 N–H and O–H groups in total. The van der Waals surface area contributed by atoms with Crippen molar-refractivity contribution in [2.45, 2.75) is 5.51 Å². The Hall–Kier alpha value is -1.96. The second-order valence-corrected chi connectivity index (χ2v) is 5.32. The lowest BCUT2D eigenvalue weighted by molar-refractivity contribution is -0.0327. The van der Waals surface area contributed by atoms with Crippen LogP contribution < -0.4 is 11.1 Å². The minimum atomic E-state index is -4.29. The molecule has 0 bridgehead atoms. The summed E-state index contributed by atoms with van der Waals surface area (Å²) in [6, 6.07) is 8.34. The van der Waals surface area contributed by atoms with E-state index in [9.17, 15) is 18.0 Å². The number of nitrogen functional groups attached to an aromatic ring is 1. The van der Waals surface area contributed by atoms with Crippen molar-refractivity contribution in [3.05, 3.63) is 35.9 Å². The summed E-state index contributed by atoms with van der Waals surface area (Å²) in [7, 11) is 0. The Morgan fingerprint density at radius 3 is 2.76 bits per heavy atom. The molecule has 0 fully saturated rings. The number of pyridine rings is 1. The van der Waals surface area contributed by atoms with Gasteiger partial charge in [-0.3, -0.25) is 4.79 Å². The summed E-state index contributed by atoms with van der Waals surface area (Å²) in [4.78, 5) is 16.1. The van der Waals surface area contributed by atoms with E-state index in [0.717, 1.165) is 0 Å². The topological polar surface area (TPSA) is 68.0 Å². The van der Waals surface area contributed by atoms with Gasteiger partial charge in [0.2, 0.25) is 0 Å². The van der Waals surface area contributed by atoms with Gasteiger partial charge in [-0.2, -0.15) is 13.2 Å². The first-order valence-electron chi connectivity index (χ1n) is 6.01. The number of anilines is 1. The first-order chi connectivity index (χ1) is 9.87. The number of alkyl halides is 3. The molecule has 0 saturated heterocycles. The molecule has 0 aliphatic carbocycles. The quantitative estimate of drug-likeness (QED) is 0.851. The fourth-order valence-corrected chi connectivity index (χ4v) is 2.25. The number of carbonyl (C=O) groups is 1. The van der Waals surface area contributed by atoms with E-state index in [1.807, 2.05) is 0 Å². The highest BCUT2D eigenvalue weighted by Gasteiger charge is 2.27. The summed E-state index contributed by atoms with van der Waals surface area (Å²) in [5.74, 6) is -0.528. The Bertz CT molecular complexity index is 661. The van der Waals surface area contributed by atoms with E-state index in [-0.39, 0.29) is 29.9 Å². The molecule has 0 spiro atoms. The van der Waals surface area contributed by atoms with Gasteiger partial charge in [0.25, 0.3) is 5.91 Å². The standard InChI is InChI=1S/C13H12F3N3OS/c14-13(15,16)21-6-5-18-12(20)9-7-11(17)19-10-4-2-1-3-8(9)10/h1-4,7H,5-6H2,(H2,17,19)(H,18,20). The van der Waals surface area contributed by atoms with Crippen LogP contribution in [-0.2, 0) is 0 Å². The predicted molar refractivity (Wildman–Crippen MR) is 77.0 cm³/mol. The van der Waals surface area contributed by atoms with Crippen molar-refractivity contribution in [2.75, 3.05) is 18.0 Å². The van der Waals surface area contributed by atoms with E-state index in [1.165, 1.54) is 6.07 Å². The number of thioether (sulfide) groups is 1. The number of carbonyl (C=O) groups excluding carboxylic acids is 1. The number of nitrogens with two attached hydrogens (primary N) is 1. The molecule has 0 radical (unpaired) electrons. The molecule has 112 valence electrons. The van der Waals surface area contributed by atoms with Crippen molar-refractivity contribution < 1.29 is 18.0 Å². The number of hydrogen-bond acceptors (Lipinski definition) is 4. The van der Waals surface area contributed by atoms with Gasteiger partial charge in [0.15, 0.2) is 0 Å². The highest BCUT2D eigenvalue weighted by molar-refractivity contribution is 8.00. The summed E-state index contributed by atoms with van der Waals surface area (Å²) < 4.78 is 36.0. The smallest absolute Gasteiger partial charge is 0.384 e. The van der Waals surface area contributed by atoms with Crippen LogP contribution in [0.4, 0.5) is 19.0 Å². The molecule has 0 unspecified atom stereocenters. The molecule has 1 heterocycles. The van der Waals surface area contributed by atoms with Crippen molar-refractivity contribution in [3.63, 3.8) is 0 Å². The summed E-state index contributed by atoms with van der Waals surface area (Å²) >= 11 is -0.174. The van der Waals surface area contributed by atoms with Gasteiger partial charge >= 0.3 is 5.51 Å². The van der Waals surface area contributed by atoms with Gasteiger partial charge in [-0.15, -0.1) is 0 Å². The Kier molecular flexibility index (Phi) is 4.56. The van der Waals surface area contributed by atoms with Crippen LogP contribution in [-0.4, -0.2) is 28.7 Å². The Morgan fingerprint density at radius 1 is 1.33 bits per heavy atom. The molecule has 0 aliphatic rings. The largest absolute Gasteiger partial charge is 0.441 e. The second kappa shape index (κ2) is 6.21. The summed E-state index contributed by atoms with van der Waals surface area (Å²) in [6.45, 7) is -0.0838. The number of fused-ring (bicyclic) bond motifs is 1. The summed E-state index contributed by atoms with van der Waals surface area (Å²) in [6.07, 6.45) is 0. The van der Waals surface area contributed by atoms with E-state index in [1.54, 1.807) is 24.3 Å². The van der Waals surface area contributed by atoms with Crippen LogP contribution in [0, 0.1) is 0 Å². The highest BCUT2D eigenvalue weighted by Crippen LogP contribution is 2.29. The first kappa shape index (κ1) is 15.4. The number of aromatic nitrogens is 1. The molecular formula is C13H12F3N3OS. The molecule has 1 aromatic heterocycles. The lowest BCUT2D eigenvalue weighted by Gasteiger charge is -2.09. The van der Waals surface area contributed by atoms with Crippen LogP contribution in [0.25, 0.3) is 10.9 Å². The van der Waals surface area contributed by atoms with E-state index in [0.29, 0.717) is 16.5 Å². The van der Waals surface area contributed by atoms with E-state index >= 15 is 0 Å². The molecule has 2 rings (SSSR count).